The molecule has 0 amide bonds. The fourth-order valence-corrected chi connectivity index (χ4v) is 1.55. The first-order valence-corrected chi connectivity index (χ1v) is 6.36. The van der Waals surface area contributed by atoms with E-state index in [0.717, 1.165) is 12.5 Å². The highest BCUT2D eigenvalue weighted by atomic mass is 32.2. The Bertz CT molecular complexity index is 256. The summed E-state index contributed by atoms with van der Waals surface area (Å²) in [7, 11) is 0. The molecule has 0 heterocycles. The minimum Gasteiger partial charge on any atom is -0.385 e. The van der Waals surface area contributed by atoms with Gasteiger partial charge < -0.3 is 5.32 Å². The van der Waals surface area contributed by atoms with Gasteiger partial charge in [0.2, 0.25) is 0 Å². The molecule has 1 rings (SSSR count). The van der Waals surface area contributed by atoms with Crippen LogP contribution in [0.2, 0.25) is 0 Å². The SMILES string of the molecule is CC[C@@H](C)CNc1ccc(SC)cc1. The van der Waals surface area contributed by atoms with Gasteiger partial charge in [-0.3, -0.25) is 0 Å². The number of rotatable bonds is 5. The molecule has 0 fully saturated rings. The van der Waals surface area contributed by atoms with Crippen molar-refractivity contribution in [2.24, 2.45) is 5.92 Å². The van der Waals surface area contributed by atoms with Gasteiger partial charge in [-0.1, -0.05) is 20.3 Å². The molecule has 0 aliphatic rings. The molecule has 1 N–H and O–H groups in total. The number of benzene rings is 1. The van der Waals surface area contributed by atoms with Crippen LogP contribution in [0.3, 0.4) is 0 Å². The smallest absolute Gasteiger partial charge is 0.0341 e. The molecule has 14 heavy (non-hydrogen) atoms. The lowest BCUT2D eigenvalue weighted by Crippen LogP contribution is -2.09. The van der Waals surface area contributed by atoms with Crippen molar-refractivity contribution in [3.63, 3.8) is 0 Å². The van der Waals surface area contributed by atoms with E-state index in [1.54, 1.807) is 11.8 Å². The zero-order chi connectivity index (χ0) is 10.4. The Kier molecular flexibility index (Phi) is 4.88. The number of hydrogen-bond acceptors (Lipinski definition) is 2. The van der Waals surface area contributed by atoms with Crippen molar-refractivity contribution in [1.82, 2.24) is 0 Å². The second kappa shape index (κ2) is 5.97. The first-order chi connectivity index (χ1) is 6.76. The third-order valence-electron chi connectivity index (χ3n) is 2.44. The van der Waals surface area contributed by atoms with Gasteiger partial charge in [0, 0.05) is 17.1 Å². The first kappa shape index (κ1) is 11.4. The largest absolute Gasteiger partial charge is 0.385 e. The molecule has 0 radical (unpaired) electrons. The average Bonchev–Trinajstić information content (AvgIpc) is 2.26. The van der Waals surface area contributed by atoms with E-state index < -0.39 is 0 Å². The molecule has 0 saturated heterocycles. The van der Waals surface area contributed by atoms with Crippen LogP contribution >= 0.6 is 11.8 Å². The normalized spacial score (nSPS) is 12.5. The molecule has 1 atom stereocenters. The van der Waals surface area contributed by atoms with E-state index in [2.05, 4.69) is 49.7 Å². The van der Waals surface area contributed by atoms with Gasteiger partial charge in [-0.15, -0.1) is 11.8 Å². The fourth-order valence-electron chi connectivity index (χ4n) is 1.15. The number of anilines is 1. The van der Waals surface area contributed by atoms with Crippen molar-refractivity contribution < 1.29 is 0 Å². The zero-order valence-electron chi connectivity index (χ0n) is 9.21. The molecule has 0 saturated carbocycles. The molecule has 78 valence electrons. The highest BCUT2D eigenvalue weighted by Gasteiger charge is 1.98. The summed E-state index contributed by atoms with van der Waals surface area (Å²) in [6.07, 6.45) is 3.33. The van der Waals surface area contributed by atoms with Gasteiger partial charge in [-0.2, -0.15) is 0 Å². The van der Waals surface area contributed by atoms with Crippen LogP contribution in [0, 0.1) is 5.92 Å². The number of hydrogen-bond donors (Lipinski definition) is 1. The average molecular weight is 209 g/mol. The molecule has 0 aromatic heterocycles. The van der Waals surface area contributed by atoms with Crippen molar-refractivity contribution in [1.29, 1.82) is 0 Å². The Morgan fingerprint density at radius 1 is 1.29 bits per heavy atom. The second-order valence-electron chi connectivity index (χ2n) is 3.62. The summed E-state index contributed by atoms with van der Waals surface area (Å²) in [6.45, 7) is 5.56. The molecule has 0 aliphatic carbocycles. The summed E-state index contributed by atoms with van der Waals surface area (Å²) >= 11 is 1.78. The van der Waals surface area contributed by atoms with Crippen molar-refractivity contribution in [3.8, 4) is 0 Å². The van der Waals surface area contributed by atoms with E-state index in [1.807, 2.05) is 0 Å². The lowest BCUT2D eigenvalue weighted by atomic mass is 10.1. The van der Waals surface area contributed by atoms with Crippen LogP contribution in [0.15, 0.2) is 29.2 Å². The zero-order valence-corrected chi connectivity index (χ0v) is 10.0. The maximum Gasteiger partial charge on any atom is 0.0341 e. The van der Waals surface area contributed by atoms with Gasteiger partial charge >= 0.3 is 0 Å². The van der Waals surface area contributed by atoms with E-state index in [9.17, 15) is 0 Å². The monoisotopic (exact) mass is 209 g/mol. The summed E-state index contributed by atoms with van der Waals surface area (Å²) in [6, 6.07) is 8.61. The van der Waals surface area contributed by atoms with Gasteiger partial charge in [0.05, 0.1) is 0 Å². The number of thioether (sulfide) groups is 1. The molecule has 0 unspecified atom stereocenters. The van der Waals surface area contributed by atoms with Gasteiger partial charge in [0.15, 0.2) is 0 Å². The van der Waals surface area contributed by atoms with Gasteiger partial charge in [-0.05, 0) is 36.4 Å². The van der Waals surface area contributed by atoms with Crippen LogP contribution in [0.5, 0.6) is 0 Å². The van der Waals surface area contributed by atoms with E-state index in [-0.39, 0.29) is 0 Å². The summed E-state index contributed by atoms with van der Waals surface area (Å²) in [5.74, 6) is 0.746. The van der Waals surface area contributed by atoms with Crippen molar-refractivity contribution in [2.45, 2.75) is 25.2 Å². The van der Waals surface area contributed by atoms with E-state index >= 15 is 0 Å². The topological polar surface area (TPSA) is 12.0 Å². The van der Waals surface area contributed by atoms with E-state index in [1.165, 1.54) is 17.0 Å². The lowest BCUT2D eigenvalue weighted by Gasteiger charge is -2.11. The highest BCUT2D eigenvalue weighted by Crippen LogP contribution is 2.17. The molecule has 0 bridgehead atoms. The Hall–Kier alpha value is -0.630. The molecule has 1 nitrogen and oxygen atoms in total. The number of nitrogens with one attached hydrogen (secondary N) is 1. The third kappa shape index (κ3) is 3.62. The van der Waals surface area contributed by atoms with E-state index in [0.29, 0.717) is 0 Å². The molecule has 0 spiro atoms. The summed E-state index contributed by atoms with van der Waals surface area (Å²) in [5.41, 5.74) is 1.23. The van der Waals surface area contributed by atoms with Crippen LogP contribution in [-0.2, 0) is 0 Å². The maximum atomic E-state index is 3.44. The Balaban J connectivity index is 2.43. The minimum atomic E-state index is 0.746. The quantitative estimate of drug-likeness (QED) is 0.739. The predicted molar refractivity (Wildman–Crippen MR) is 66.2 cm³/mol. The summed E-state index contributed by atoms with van der Waals surface area (Å²) in [4.78, 5) is 1.32. The summed E-state index contributed by atoms with van der Waals surface area (Å²) in [5, 5.41) is 3.44. The predicted octanol–water partition coefficient (Wildman–Crippen LogP) is 3.87. The Morgan fingerprint density at radius 3 is 2.43 bits per heavy atom. The van der Waals surface area contributed by atoms with Gasteiger partial charge in [0.25, 0.3) is 0 Å². The van der Waals surface area contributed by atoms with Crippen LogP contribution in [0.25, 0.3) is 0 Å². The van der Waals surface area contributed by atoms with Crippen molar-refractivity contribution >= 4 is 17.4 Å². The molecule has 1 aromatic rings. The second-order valence-corrected chi connectivity index (χ2v) is 4.50. The van der Waals surface area contributed by atoms with Crippen LogP contribution in [0.4, 0.5) is 5.69 Å². The molecule has 0 aliphatic heterocycles. The van der Waals surface area contributed by atoms with Crippen LogP contribution in [-0.4, -0.2) is 12.8 Å². The molecule has 2 heteroatoms. The standard InChI is InChI=1S/C12H19NS/c1-4-10(2)9-13-11-5-7-12(14-3)8-6-11/h5-8,10,13H,4,9H2,1-3H3/t10-/m1/s1. The first-order valence-electron chi connectivity index (χ1n) is 5.14. The maximum absolute atomic E-state index is 3.44. The molecular weight excluding hydrogens is 190 g/mol. The van der Waals surface area contributed by atoms with Gasteiger partial charge in [0.1, 0.15) is 0 Å². The van der Waals surface area contributed by atoms with Gasteiger partial charge in [-0.25, -0.2) is 0 Å². The van der Waals surface area contributed by atoms with Crippen LogP contribution < -0.4 is 5.32 Å². The fraction of sp³-hybridized carbons (Fsp3) is 0.500. The Labute approximate surface area is 91.3 Å². The third-order valence-corrected chi connectivity index (χ3v) is 3.19. The van der Waals surface area contributed by atoms with Crippen molar-refractivity contribution in [2.75, 3.05) is 18.1 Å². The van der Waals surface area contributed by atoms with Crippen molar-refractivity contribution in [3.05, 3.63) is 24.3 Å². The highest BCUT2D eigenvalue weighted by molar-refractivity contribution is 7.98. The summed E-state index contributed by atoms with van der Waals surface area (Å²) < 4.78 is 0. The molecular formula is C12H19NS. The Morgan fingerprint density at radius 2 is 1.93 bits per heavy atom. The van der Waals surface area contributed by atoms with Crippen LogP contribution in [0.1, 0.15) is 20.3 Å². The lowest BCUT2D eigenvalue weighted by molar-refractivity contribution is 0.593. The minimum absolute atomic E-state index is 0.746. The molecule has 1 aromatic carbocycles. The van der Waals surface area contributed by atoms with E-state index in [4.69, 9.17) is 0 Å².